The van der Waals surface area contributed by atoms with Crippen LogP contribution in [0.3, 0.4) is 0 Å². The molecule has 3 nitrogen and oxygen atoms in total. The van der Waals surface area contributed by atoms with Crippen LogP contribution in [0, 0.1) is 5.82 Å². The van der Waals surface area contributed by atoms with Crippen molar-refractivity contribution in [1.29, 1.82) is 0 Å². The van der Waals surface area contributed by atoms with Crippen molar-refractivity contribution < 1.29 is 9.13 Å². The van der Waals surface area contributed by atoms with Crippen molar-refractivity contribution in [3.8, 4) is 5.75 Å². The number of methoxy groups -OCH3 is 1. The highest BCUT2D eigenvalue weighted by molar-refractivity contribution is 7.18. The summed E-state index contributed by atoms with van der Waals surface area (Å²) in [5.74, 6) is 0.991. The molecule has 5 heteroatoms. The van der Waals surface area contributed by atoms with Gasteiger partial charge in [-0.25, -0.2) is 9.37 Å². The number of piperidine rings is 1. The molecule has 0 N–H and O–H groups in total. The van der Waals surface area contributed by atoms with E-state index in [-0.39, 0.29) is 5.82 Å². The van der Waals surface area contributed by atoms with Crippen molar-refractivity contribution >= 4 is 21.6 Å². The number of benzene rings is 2. The third-order valence-corrected chi connectivity index (χ3v) is 6.00. The summed E-state index contributed by atoms with van der Waals surface area (Å²) in [6.07, 6.45) is 2.30. The monoisotopic (exact) mass is 356 g/mol. The molecule has 2 heterocycles. The number of rotatable bonds is 4. The fourth-order valence-corrected chi connectivity index (χ4v) is 4.67. The average Bonchev–Trinajstić information content (AvgIpc) is 3.06. The van der Waals surface area contributed by atoms with Gasteiger partial charge in [0.05, 0.1) is 22.3 Å². The Kier molecular flexibility index (Phi) is 4.68. The van der Waals surface area contributed by atoms with Gasteiger partial charge in [0, 0.05) is 24.6 Å². The first-order chi connectivity index (χ1) is 12.2. The quantitative estimate of drug-likeness (QED) is 0.670. The van der Waals surface area contributed by atoms with Crippen LogP contribution in [-0.2, 0) is 6.54 Å². The lowest BCUT2D eigenvalue weighted by Gasteiger charge is -2.32. The Labute approximate surface area is 151 Å². The maximum atomic E-state index is 13.6. The molecule has 0 bridgehead atoms. The normalized spacial score (nSPS) is 18.6. The standard InChI is InChI=1S/C20H21FN2OS/c1-24-18-9-8-16(21)11-15(18)13-23-10-4-5-14(12-23)20-22-17-6-2-3-7-19(17)25-20/h2-3,6-9,11,14H,4-5,10,12-13H2,1H3/t14-/m1/s1. The van der Waals surface area contributed by atoms with E-state index in [9.17, 15) is 4.39 Å². The van der Waals surface area contributed by atoms with Gasteiger partial charge in [0.2, 0.25) is 0 Å². The number of hydrogen-bond acceptors (Lipinski definition) is 4. The number of para-hydroxylation sites is 1. The van der Waals surface area contributed by atoms with E-state index in [1.54, 1.807) is 30.6 Å². The molecule has 1 atom stereocenters. The van der Waals surface area contributed by atoms with E-state index in [4.69, 9.17) is 9.72 Å². The second-order valence-corrected chi connectivity index (χ2v) is 7.61. The SMILES string of the molecule is COc1ccc(F)cc1CN1CCC[C@@H](c2nc3ccccc3s2)C1. The fourth-order valence-electron chi connectivity index (χ4n) is 3.58. The van der Waals surface area contributed by atoms with Gasteiger partial charge < -0.3 is 4.74 Å². The topological polar surface area (TPSA) is 25.4 Å². The second kappa shape index (κ2) is 7.10. The van der Waals surface area contributed by atoms with E-state index in [2.05, 4.69) is 23.1 Å². The van der Waals surface area contributed by atoms with Crippen LogP contribution in [0.4, 0.5) is 4.39 Å². The predicted molar refractivity (Wildman–Crippen MR) is 99.8 cm³/mol. The van der Waals surface area contributed by atoms with Crippen molar-refractivity contribution in [3.63, 3.8) is 0 Å². The van der Waals surface area contributed by atoms with Gasteiger partial charge in [0.15, 0.2) is 0 Å². The summed E-state index contributed by atoms with van der Waals surface area (Å²) in [6.45, 7) is 2.70. The van der Waals surface area contributed by atoms with Gasteiger partial charge in [-0.3, -0.25) is 4.90 Å². The first-order valence-electron chi connectivity index (χ1n) is 8.63. The minimum atomic E-state index is -0.212. The van der Waals surface area contributed by atoms with Crippen molar-refractivity contribution in [3.05, 3.63) is 58.9 Å². The minimum Gasteiger partial charge on any atom is -0.496 e. The van der Waals surface area contributed by atoms with E-state index in [0.717, 1.165) is 42.8 Å². The average molecular weight is 356 g/mol. The smallest absolute Gasteiger partial charge is 0.123 e. The molecule has 1 fully saturated rings. The lowest BCUT2D eigenvalue weighted by atomic mass is 9.98. The second-order valence-electron chi connectivity index (χ2n) is 6.55. The summed E-state index contributed by atoms with van der Waals surface area (Å²) < 4.78 is 20.3. The largest absolute Gasteiger partial charge is 0.496 e. The van der Waals surface area contributed by atoms with Crippen LogP contribution in [0.2, 0.25) is 0 Å². The molecule has 3 aromatic rings. The summed E-state index contributed by atoms with van der Waals surface area (Å²) in [5, 5.41) is 1.22. The molecule has 1 saturated heterocycles. The van der Waals surface area contributed by atoms with Gasteiger partial charge in [-0.05, 0) is 49.7 Å². The van der Waals surface area contributed by atoms with Crippen LogP contribution in [0.5, 0.6) is 5.75 Å². The Bertz CT molecular complexity index is 846. The number of likely N-dealkylation sites (tertiary alicyclic amines) is 1. The van der Waals surface area contributed by atoms with Crippen molar-refractivity contribution in [1.82, 2.24) is 9.88 Å². The van der Waals surface area contributed by atoms with E-state index in [0.29, 0.717) is 12.5 Å². The molecule has 0 radical (unpaired) electrons. The van der Waals surface area contributed by atoms with Crippen molar-refractivity contribution in [2.75, 3.05) is 20.2 Å². The molecule has 130 valence electrons. The van der Waals surface area contributed by atoms with Crippen molar-refractivity contribution in [2.45, 2.75) is 25.3 Å². The van der Waals surface area contributed by atoms with Crippen LogP contribution in [-0.4, -0.2) is 30.1 Å². The molecule has 0 aliphatic carbocycles. The summed E-state index contributed by atoms with van der Waals surface area (Å²) in [4.78, 5) is 7.22. The van der Waals surface area contributed by atoms with Crippen LogP contribution >= 0.6 is 11.3 Å². The number of halogens is 1. The summed E-state index contributed by atoms with van der Waals surface area (Å²) in [6, 6.07) is 13.0. The van der Waals surface area contributed by atoms with Gasteiger partial charge in [-0.15, -0.1) is 11.3 Å². The number of aromatic nitrogens is 1. The fraction of sp³-hybridized carbons (Fsp3) is 0.350. The molecule has 1 aliphatic rings. The van der Waals surface area contributed by atoms with Gasteiger partial charge >= 0.3 is 0 Å². The molecule has 0 saturated carbocycles. The molecule has 4 rings (SSSR count). The van der Waals surface area contributed by atoms with Crippen molar-refractivity contribution in [2.24, 2.45) is 0 Å². The van der Waals surface area contributed by atoms with Crippen LogP contribution in [0.1, 0.15) is 29.3 Å². The van der Waals surface area contributed by atoms with E-state index >= 15 is 0 Å². The molecular formula is C20H21FN2OS. The molecule has 1 aromatic heterocycles. The maximum Gasteiger partial charge on any atom is 0.123 e. The third-order valence-electron chi connectivity index (χ3n) is 4.80. The number of thiazole rings is 1. The molecular weight excluding hydrogens is 335 g/mol. The maximum absolute atomic E-state index is 13.6. The Morgan fingerprint density at radius 1 is 1.28 bits per heavy atom. The lowest BCUT2D eigenvalue weighted by Crippen LogP contribution is -2.34. The van der Waals surface area contributed by atoms with Crippen LogP contribution in [0.25, 0.3) is 10.2 Å². The first-order valence-corrected chi connectivity index (χ1v) is 9.45. The zero-order chi connectivity index (χ0) is 17.2. The zero-order valence-electron chi connectivity index (χ0n) is 14.2. The van der Waals surface area contributed by atoms with Gasteiger partial charge in [-0.1, -0.05) is 12.1 Å². The lowest BCUT2D eigenvalue weighted by molar-refractivity contribution is 0.197. The Morgan fingerprint density at radius 3 is 3.00 bits per heavy atom. The summed E-state index contributed by atoms with van der Waals surface area (Å²) in [5.41, 5.74) is 2.00. The highest BCUT2D eigenvalue weighted by atomic mass is 32.1. The number of hydrogen-bond donors (Lipinski definition) is 0. The Morgan fingerprint density at radius 2 is 2.16 bits per heavy atom. The molecule has 0 unspecified atom stereocenters. The van der Waals surface area contributed by atoms with E-state index in [1.165, 1.54) is 15.8 Å². The highest BCUT2D eigenvalue weighted by Crippen LogP contribution is 2.34. The van der Waals surface area contributed by atoms with Gasteiger partial charge in [-0.2, -0.15) is 0 Å². The first kappa shape index (κ1) is 16.5. The molecule has 0 spiro atoms. The van der Waals surface area contributed by atoms with Crippen LogP contribution < -0.4 is 4.74 Å². The summed E-state index contributed by atoms with van der Waals surface area (Å²) in [7, 11) is 1.64. The van der Waals surface area contributed by atoms with E-state index < -0.39 is 0 Å². The number of ether oxygens (including phenoxy) is 1. The zero-order valence-corrected chi connectivity index (χ0v) is 15.1. The van der Waals surface area contributed by atoms with Gasteiger partial charge in [0.1, 0.15) is 11.6 Å². The minimum absolute atomic E-state index is 0.212. The Hall–Kier alpha value is -1.98. The molecule has 2 aromatic carbocycles. The Balaban J connectivity index is 1.52. The molecule has 0 amide bonds. The van der Waals surface area contributed by atoms with E-state index in [1.807, 2.05) is 6.07 Å². The van der Waals surface area contributed by atoms with Gasteiger partial charge in [0.25, 0.3) is 0 Å². The molecule has 25 heavy (non-hydrogen) atoms. The van der Waals surface area contributed by atoms with Crippen LogP contribution in [0.15, 0.2) is 42.5 Å². The predicted octanol–water partition coefficient (Wildman–Crippen LogP) is 4.82. The number of nitrogens with zero attached hydrogens (tertiary/aromatic N) is 2. The highest BCUT2D eigenvalue weighted by Gasteiger charge is 2.24. The number of fused-ring (bicyclic) bond motifs is 1. The molecule has 1 aliphatic heterocycles. The summed E-state index contributed by atoms with van der Waals surface area (Å²) >= 11 is 1.80. The third kappa shape index (κ3) is 3.53.